The van der Waals surface area contributed by atoms with Gasteiger partial charge in [0.15, 0.2) is 0 Å². The third kappa shape index (κ3) is 1.67. The quantitative estimate of drug-likeness (QED) is 0.495. The Hall–Kier alpha value is -1.68. The number of benzene rings is 2. The molecule has 6 aliphatic heterocycles. The predicted octanol–water partition coefficient (Wildman–Crippen LogP) is 5.04. The average Bonchev–Trinajstić information content (AvgIpc) is 3.62. The Balaban J connectivity index is 1.41. The molecular weight excluding hydrogens is 396 g/mol. The second-order valence-electron chi connectivity index (χ2n) is 11.5. The van der Waals surface area contributed by atoms with Gasteiger partial charge < -0.3 is 9.47 Å². The Bertz CT molecular complexity index is 1010. The van der Waals surface area contributed by atoms with Crippen LogP contribution in [0, 0.1) is 23.7 Å². The summed E-state index contributed by atoms with van der Waals surface area (Å²) in [5, 5.41) is 0.280. The number of hydrogen-bond acceptors (Lipinski definition) is 2. The second-order valence-corrected chi connectivity index (χ2v) is 16.4. The van der Waals surface area contributed by atoms with Crippen molar-refractivity contribution in [1.29, 1.82) is 0 Å². The van der Waals surface area contributed by atoms with E-state index in [0.29, 0.717) is 48.1 Å². The van der Waals surface area contributed by atoms with Crippen molar-refractivity contribution in [2.24, 2.45) is 23.7 Å². The molecule has 6 heterocycles. The molecule has 3 heteroatoms. The molecule has 0 radical (unpaired) electrons. The molecule has 0 amide bonds. The maximum atomic E-state index is 7.06. The van der Waals surface area contributed by atoms with Crippen molar-refractivity contribution in [2.45, 2.75) is 60.4 Å². The van der Waals surface area contributed by atoms with Crippen molar-refractivity contribution < 1.29 is 9.47 Å². The highest BCUT2D eigenvalue weighted by Crippen LogP contribution is 2.77. The summed E-state index contributed by atoms with van der Waals surface area (Å²) < 4.78 is 13.6. The first kappa shape index (κ1) is 17.8. The van der Waals surface area contributed by atoms with Crippen molar-refractivity contribution in [3.05, 3.63) is 83.9 Å². The summed E-state index contributed by atoms with van der Waals surface area (Å²) in [6.45, 7) is 5.37. The molecule has 158 valence electrons. The highest BCUT2D eigenvalue weighted by Gasteiger charge is 2.84. The van der Waals surface area contributed by atoms with Crippen LogP contribution in [0.4, 0.5) is 0 Å². The normalized spacial score (nSPS) is 51.4. The molecule has 2 nitrogen and oxygen atoms in total. The van der Waals surface area contributed by atoms with Gasteiger partial charge in [-0.2, -0.15) is 0 Å². The third-order valence-corrected chi connectivity index (χ3v) is 16.5. The predicted molar refractivity (Wildman–Crippen MR) is 123 cm³/mol. The van der Waals surface area contributed by atoms with Crippen molar-refractivity contribution in [3.63, 3.8) is 0 Å². The minimum atomic E-state index is -1.86. The fraction of sp³-hybridized carbons (Fsp3) is 0.500. The van der Waals surface area contributed by atoms with Crippen LogP contribution in [0.2, 0.25) is 13.1 Å². The lowest BCUT2D eigenvalue weighted by Crippen LogP contribution is -2.57. The summed E-state index contributed by atoms with van der Waals surface area (Å²) >= 11 is 0. The average molecular weight is 427 g/mol. The topological polar surface area (TPSA) is 18.5 Å². The maximum Gasteiger partial charge on any atom is 0.0800 e. The molecule has 0 saturated carbocycles. The van der Waals surface area contributed by atoms with Crippen molar-refractivity contribution in [1.82, 2.24) is 0 Å². The van der Waals surface area contributed by atoms with Crippen LogP contribution >= 0.6 is 0 Å². The van der Waals surface area contributed by atoms with Crippen molar-refractivity contribution in [2.75, 3.05) is 0 Å². The van der Waals surface area contributed by atoms with E-state index in [1.807, 2.05) is 0 Å². The van der Waals surface area contributed by atoms with E-state index in [1.165, 1.54) is 24.0 Å². The second kappa shape index (κ2) is 5.44. The Kier molecular flexibility index (Phi) is 3.13. The van der Waals surface area contributed by atoms with Gasteiger partial charge in [0.1, 0.15) is 0 Å². The molecule has 2 aromatic carbocycles. The molecule has 2 aromatic rings. The van der Waals surface area contributed by atoms with E-state index < -0.39 is 8.07 Å². The third-order valence-electron chi connectivity index (χ3n) is 10.8. The van der Waals surface area contributed by atoms with Gasteiger partial charge in [0, 0.05) is 33.7 Å². The summed E-state index contributed by atoms with van der Waals surface area (Å²) in [5.41, 5.74) is 3.06. The molecule has 6 aliphatic rings. The van der Waals surface area contributed by atoms with Gasteiger partial charge in [-0.05, 0) is 24.0 Å². The number of fused-ring (bicyclic) bond motifs is 16. The molecule has 6 bridgehead atoms. The van der Waals surface area contributed by atoms with E-state index in [9.17, 15) is 0 Å². The zero-order valence-electron chi connectivity index (χ0n) is 18.3. The van der Waals surface area contributed by atoms with E-state index in [4.69, 9.17) is 9.47 Å². The monoisotopic (exact) mass is 426 g/mol. The van der Waals surface area contributed by atoms with Crippen LogP contribution in [0.5, 0.6) is 0 Å². The zero-order chi connectivity index (χ0) is 20.6. The van der Waals surface area contributed by atoms with Gasteiger partial charge in [-0.25, -0.2) is 0 Å². The highest BCUT2D eigenvalue weighted by atomic mass is 28.3. The van der Waals surface area contributed by atoms with Crippen LogP contribution in [0.3, 0.4) is 0 Å². The molecule has 31 heavy (non-hydrogen) atoms. The minimum Gasteiger partial charge on any atom is -0.374 e. The summed E-state index contributed by atoms with van der Waals surface area (Å²) in [4.78, 5) is 0. The molecule has 10 atom stereocenters. The molecule has 0 N–H and O–H groups in total. The van der Waals surface area contributed by atoms with Crippen LogP contribution in [0.15, 0.2) is 72.8 Å². The molecule has 0 unspecified atom stereocenters. The standard InChI is InChI=1S/C28H30O2Si/c1-31(2)27(17-9-5-3-6-10-17)15-16-28(31,18-11-7-4-8-12-18)24-23(27)25-21-19-13-14-20(29-19)22(21)26(24)30-25/h3-12,15-16,19-26H,13-14H2,1-2H3/t19-,20+,21-,22+,23+,24-,25-,26+,27+,28-. The largest absolute Gasteiger partial charge is 0.374 e. The fourth-order valence-electron chi connectivity index (χ4n) is 9.92. The highest BCUT2D eigenvalue weighted by molar-refractivity contribution is 6.86. The van der Waals surface area contributed by atoms with Crippen molar-refractivity contribution >= 4 is 8.07 Å². The van der Waals surface area contributed by atoms with Gasteiger partial charge in [0.25, 0.3) is 0 Å². The smallest absolute Gasteiger partial charge is 0.0800 e. The van der Waals surface area contributed by atoms with Crippen LogP contribution in [0.1, 0.15) is 24.0 Å². The van der Waals surface area contributed by atoms with Gasteiger partial charge in [-0.1, -0.05) is 85.9 Å². The summed E-state index contributed by atoms with van der Waals surface area (Å²) in [6.07, 6.45) is 9.42. The van der Waals surface area contributed by atoms with E-state index in [2.05, 4.69) is 85.9 Å². The lowest BCUT2D eigenvalue weighted by molar-refractivity contribution is -0.00473. The van der Waals surface area contributed by atoms with E-state index in [0.717, 1.165) is 0 Å². The van der Waals surface area contributed by atoms with Gasteiger partial charge in [0.2, 0.25) is 0 Å². The van der Waals surface area contributed by atoms with E-state index >= 15 is 0 Å². The van der Waals surface area contributed by atoms with E-state index in [-0.39, 0.29) is 10.1 Å². The lowest BCUT2D eigenvalue weighted by Gasteiger charge is -2.45. The maximum absolute atomic E-state index is 7.06. The fourth-order valence-corrected chi connectivity index (χ4v) is 15.7. The minimum absolute atomic E-state index is 0.140. The number of allylic oxidation sites excluding steroid dienone is 2. The summed E-state index contributed by atoms with van der Waals surface area (Å²) in [6, 6.07) is 22.9. The molecule has 5 fully saturated rings. The molecular formula is C28H30O2Si. The Morgan fingerprint density at radius 2 is 1.13 bits per heavy atom. The van der Waals surface area contributed by atoms with Gasteiger partial charge >= 0.3 is 0 Å². The summed E-state index contributed by atoms with van der Waals surface area (Å²) in [5.74, 6) is 2.40. The Morgan fingerprint density at radius 3 is 1.58 bits per heavy atom. The molecule has 0 aliphatic carbocycles. The zero-order valence-corrected chi connectivity index (χ0v) is 19.3. The van der Waals surface area contributed by atoms with E-state index in [1.54, 1.807) is 0 Å². The molecule has 5 saturated heterocycles. The SMILES string of the molecule is C[Si]1(C)[C@]2(c3ccccc3)C=C[C@@]1(c1ccccc1)[C@H]1[C@H]3O[C@H]([C@H]4[C@@H]3[C@@H]3CC[C@H]4O3)[C@H]12. The van der Waals surface area contributed by atoms with Crippen LogP contribution < -0.4 is 0 Å². The summed E-state index contributed by atoms with van der Waals surface area (Å²) in [7, 11) is -1.86. The molecule has 8 rings (SSSR count). The van der Waals surface area contributed by atoms with Gasteiger partial charge in [-0.3, -0.25) is 0 Å². The van der Waals surface area contributed by atoms with Gasteiger partial charge in [0.05, 0.1) is 32.5 Å². The van der Waals surface area contributed by atoms with Crippen LogP contribution in [0.25, 0.3) is 0 Å². The Morgan fingerprint density at radius 1 is 0.677 bits per heavy atom. The first-order chi connectivity index (χ1) is 15.1. The lowest BCUT2D eigenvalue weighted by atomic mass is 9.54. The van der Waals surface area contributed by atoms with Crippen LogP contribution in [-0.2, 0) is 19.6 Å². The molecule has 0 aromatic heterocycles. The number of hydrogen-bond donors (Lipinski definition) is 0. The van der Waals surface area contributed by atoms with Crippen LogP contribution in [-0.4, -0.2) is 32.5 Å². The number of ether oxygens (including phenoxy) is 2. The Labute approximate surface area is 185 Å². The van der Waals surface area contributed by atoms with Crippen molar-refractivity contribution in [3.8, 4) is 0 Å². The first-order valence-corrected chi connectivity index (χ1v) is 15.2. The van der Waals surface area contributed by atoms with Gasteiger partial charge in [-0.15, -0.1) is 0 Å². The molecule has 0 spiro atoms. The number of rotatable bonds is 2. The first-order valence-electron chi connectivity index (χ1n) is 12.2.